The number of sulfonamides is 1. The molecule has 0 spiro atoms. The van der Waals surface area contributed by atoms with Crippen LogP contribution in [0.5, 0.6) is 0 Å². The van der Waals surface area contributed by atoms with E-state index in [-0.39, 0.29) is 25.1 Å². The van der Waals surface area contributed by atoms with Gasteiger partial charge >= 0.3 is 0 Å². The van der Waals surface area contributed by atoms with Gasteiger partial charge in [0.1, 0.15) is 5.69 Å². The molecule has 0 saturated carbocycles. The van der Waals surface area contributed by atoms with Crippen molar-refractivity contribution < 1.29 is 8.42 Å². The first-order valence-corrected chi connectivity index (χ1v) is 8.57. The van der Waals surface area contributed by atoms with E-state index < -0.39 is 15.5 Å². The number of halogens is 3. The van der Waals surface area contributed by atoms with Crippen LogP contribution in [0, 0.1) is 0 Å². The largest absolute Gasteiger partial charge is 0.354 e. The highest BCUT2D eigenvalue weighted by molar-refractivity contribution is 9.10. The van der Waals surface area contributed by atoms with Crippen LogP contribution in [0.25, 0.3) is 0 Å². The Labute approximate surface area is 139 Å². The van der Waals surface area contributed by atoms with Crippen molar-refractivity contribution >= 4 is 54.8 Å². The van der Waals surface area contributed by atoms with E-state index in [2.05, 4.69) is 20.7 Å². The van der Waals surface area contributed by atoms with Crippen molar-refractivity contribution in [3.8, 4) is 0 Å². The van der Waals surface area contributed by atoms with Gasteiger partial charge in [-0.15, -0.1) is 0 Å². The average molecular weight is 412 g/mol. The number of rotatable bonds is 3. The summed E-state index contributed by atoms with van der Waals surface area (Å²) in [4.78, 5) is 11.8. The van der Waals surface area contributed by atoms with E-state index in [0.29, 0.717) is 0 Å². The molecule has 0 atom stereocenters. The molecule has 21 heavy (non-hydrogen) atoms. The standard InChI is InChI=1S/C12H9BrCl2N2O3S/c1-17-5-10(13)12(18)11(6-17)16-21(19,20)9-3-7(14)2-8(15)4-9/h2-6,16H,1H3. The van der Waals surface area contributed by atoms with E-state index in [0.717, 1.165) is 0 Å². The van der Waals surface area contributed by atoms with E-state index in [1.165, 1.54) is 30.6 Å². The van der Waals surface area contributed by atoms with Crippen molar-refractivity contribution in [2.45, 2.75) is 4.90 Å². The monoisotopic (exact) mass is 410 g/mol. The smallest absolute Gasteiger partial charge is 0.262 e. The van der Waals surface area contributed by atoms with Crippen LogP contribution in [0.3, 0.4) is 0 Å². The summed E-state index contributed by atoms with van der Waals surface area (Å²) in [5.74, 6) is 0. The van der Waals surface area contributed by atoms with Crippen LogP contribution in [-0.2, 0) is 17.1 Å². The molecular formula is C12H9BrCl2N2O3S. The molecule has 0 fully saturated rings. The highest BCUT2D eigenvalue weighted by Gasteiger charge is 2.18. The van der Waals surface area contributed by atoms with Gasteiger partial charge in [0, 0.05) is 29.5 Å². The van der Waals surface area contributed by atoms with Crippen molar-refractivity contribution in [3.63, 3.8) is 0 Å². The first-order valence-electron chi connectivity index (χ1n) is 5.54. The molecule has 0 aliphatic rings. The molecule has 2 rings (SSSR count). The quantitative estimate of drug-likeness (QED) is 0.842. The molecule has 0 bridgehead atoms. The molecule has 5 nitrogen and oxygen atoms in total. The number of hydrogen-bond donors (Lipinski definition) is 1. The van der Waals surface area contributed by atoms with Gasteiger partial charge in [-0.1, -0.05) is 23.2 Å². The van der Waals surface area contributed by atoms with Crippen LogP contribution < -0.4 is 10.2 Å². The molecule has 0 saturated heterocycles. The molecule has 1 aromatic heterocycles. The minimum atomic E-state index is -3.97. The number of pyridine rings is 1. The third-order valence-electron chi connectivity index (χ3n) is 2.50. The summed E-state index contributed by atoms with van der Waals surface area (Å²) in [5.41, 5.74) is -0.548. The Morgan fingerprint density at radius 3 is 2.29 bits per heavy atom. The molecule has 0 aliphatic carbocycles. The molecule has 0 radical (unpaired) electrons. The van der Waals surface area contributed by atoms with E-state index in [1.807, 2.05) is 0 Å². The van der Waals surface area contributed by atoms with Gasteiger partial charge in [0.2, 0.25) is 5.43 Å². The second kappa shape index (κ2) is 6.00. The summed E-state index contributed by atoms with van der Waals surface area (Å²) in [7, 11) is -2.30. The SMILES string of the molecule is Cn1cc(Br)c(=O)c(NS(=O)(=O)c2cc(Cl)cc(Cl)c2)c1. The molecule has 112 valence electrons. The first kappa shape index (κ1) is 16.4. The van der Waals surface area contributed by atoms with Crippen molar-refractivity contribution in [2.75, 3.05) is 4.72 Å². The summed E-state index contributed by atoms with van der Waals surface area (Å²) in [6, 6.07) is 3.91. The highest BCUT2D eigenvalue weighted by Crippen LogP contribution is 2.23. The topological polar surface area (TPSA) is 68.2 Å². The number of benzene rings is 1. The number of nitrogens with zero attached hydrogens (tertiary/aromatic N) is 1. The van der Waals surface area contributed by atoms with Gasteiger partial charge in [-0.05, 0) is 34.1 Å². The Kier molecular flexibility index (Phi) is 4.67. The van der Waals surface area contributed by atoms with E-state index in [9.17, 15) is 13.2 Å². The molecule has 9 heteroatoms. The second-order valence-electron chi connectivity index (χ2n) is 4.23. The second-order valence-corrected chi connectivity index (χ2v) is 7.63. The Morgan fingerprint density at radius 2 is 1.71 bits per heavy atom. The van der Waals surface area contributed by atoms with Crippen molar-refractivity contribution in [1.82, 2.24) is 4.57 Å². The van der Waals surface area contributed by atoms with Crippen molar-refractivity contribution in [2.24, 2.45) is 7.05 Å². The van der Waals surface area contributed by atoms with Gasteiger partial charge in [-0.2, -0.15) is 0 Å². The minimum Gasteiger partial charge on any atom is -0.354 e. The summed E-state index contributed by atoms with van der Waals surface area (Å²) in [6.07, 6.45) is 2.90. The lowest BCUT2D eigenvalue weighted by Gasteiger charge is -2.10. The lowest BCUT2D eigenvalue weighted by Crippen LogP contribution is -2.20. The maximum absolute atomic E-state index is 12.3. The van der Waals surface area contributed by atoms with Crippen LogP contribution in [0.1, 0.15) is 0 Å². The third kappa shape index (κ3) is 3.79. The molecule has 1 heterocycles. The summed E-state index contributed by atoms with van der Waals surface area (Å²) in [6.45, 7) is 0. The van der Waals surface area contributed by atoms with Gasteiger partial charge in [0.15, 0.2) is 0 Å². The molecule has 1 N–H and O–H groups in total. The lowest BCUT2D eigenvalue weighted by molar-refractivity contribution is 0.601. The zero-order valence-corrected chi connectivity index (χ0v) is 14.5. The van der Waals surface area contributed by atoms with E-state index in [4.69, 9.17) is 23.2 Å². The fourth-order valence-electron chi connectivity index (χ4n) is 1.63. The van der Waals surface area contributed by atoms with Gasteiger partial charge in [0.05, 0.1) is 9.37 Å². The van der Waals surface area contributed by atoms with Crippen LogP contribution >= 0.6 is 39.1 Å². The van der Waals surface area contributed by atoms with Crippen LogP contribution in [0.15, 0.2) is 44.8 Å². The van der Waals surface area contributed by atoms with E-state index >= 15 is 0 Å². The summed E-state index contributed by atoms with van der Waals surface area (Å²) < 4.78 is 28.6. The number of nitrogens with one attached hydrogen (secondary N) is 1. The molecular weight excluding hydrogens is 403 g/mol. The van der Waals surface area contributed by atoms with Crippen molar-refractivity contribution in [3.05, 3.63) is 55.3 Å². The molecule has 1 aromatic carbocycles. The van der Waals surface area contributed by atoms with Gasteiger partial charge < -0.3 is 4.57 Å². The Hall–Kier alpha value is -1.02. The fourth-order valence-corrected chi connectivity index (χ4v) is 3.93. The number of hydrogen-bond acceptors (Lipinski definition) is 3. The van der Waals surface area contributed by atoms with Gasteiger partial charge in [-0.25, -0.2) is 8.42 Å². The number of aryl methyl sites for hydroxylation is 1. The highest BCUT2D eigenvalue weighted by atomic mass is 79.9. The molecule has 0 unspecified atom stereocenters. The fraction of sp³-hybridized carbons (Fsp3) is 0.0833. The van der Waals surface area contributed by atoms with Crippen molar-refractivity contribution in [1.29, 1.82) is 0 Å². The lowest BCUT2D eigenvalue weighted by atomic mass is 10.4. The number of aromatic nitrogens is 1. The van der Waals surface area contributed by atoms with Gasteiger partial charge in [0.25, 0.3) is 10.0 Å². The summed E-state index contributed by atoms with van der Waals surface area (Å²) in [5, 5.41) is 0.370. The Bertz CT molecular complexity index is 845. The van der Waals surface area contributed by atoms with Crippen LogP contribution in [0.2, 0.25) is 10.0 Å². The van der Waals surface area contributed by atoms with Crippen LogP contribution in [0.4, 0.5) is 5.69 Å². The Balaban J connectivity index is 2.49. The minimum absolute atomic E-state index is 0.0806. The predicted octanol–water partition coefficient (Wildman–Crippen LogP) is 3.26. The zero-order chi connectivity index (χ0) is 15.8. The van der Waals surface area contributed by atoms with Gasteiger partial charge in [-0.3, -0.25) is 9.52 Å². The molecule has 0 aliphatic heterocycles. The van der Waals surface area contributed by atoms with E-state index in [1.54, 1.807) is 11.6 Å². The zero-order valence-electron chi connectivity index (χ0n) is 10.6. The van der Waals surface area contributed by atoms with Crippen LogP contribution in [-0.4, -0.2) is 13.0 Å². The Morgan fingerprint density at radius 1 is 1.14 bits per heavy atom. The molecule has 2 aromatic rings. The first-order chi connectivity index (χ1) is 9.69. The maximum atomic E-state index is 12.3. The summed E-state index contributed by atoms with van der Waals surface area (Å²) >= 11 is 14.7. The number of anilines is 1. The maximum Gasteiger partial charge on any atom is 0.262 e. The normalized spacial score (nSPS) is 11.4. The predicted molar refractivity (Wildman–Crippen MR) is 86.7 cm³/mol. The average Bonchev–Trinajstić information content (AvgIpc) is 2.33. The third-order valence-corrected chi connectivity index (χ3v) is 4.85. The molecule has 0 amide bonds.